The molecule has 1 aliphatic heterocycles. The Morgan fingerprint density at radius 1 is 1.12 bits per heavy atom. The molecular formula is C13H15BFeO2-6. The molecule has 96 valence electrons. The second-order valence-electron chi connectivity index (χ2n) is 3.79. The van der Waals surface area contributed by atoms with E-state index in [4.69, 9.17) is 9.31 Å². The number of rotatable bonds is 1. The van der Waals surface area contributed by atoms with Crippen LogP contribution in [-0.4, -0.2) is 19.8 Å². The van der Waals surface area contributed by atoms with Crippen LogP contribution in [0.3, 0.4) is 0 Å². The average Bonchev–Trinajstić information content (AvgIpc) is 3.03. The summed E-state index contributed by atoms with van der Waals surface area (Å²) in [4.78, 5) is 0. The summed E-state index contributed by atoms with van der Waals surface area (Å²) in [6, 6.07) is 18.0. The van der Waals surface area contributed by atoms with Crippen molar-refractivity contribution in [2.45, 2.75) is 13.0 Å². The molecule has 2 nitrogen and oxygen atoms in total. The molecular weight excluding hydrogens is 255 g/mol. The van der Waals surface area contributed by atoms with Gasteiger partial charge in [-0.2, -0.15) is 12.1 Å². The Bertz CT molecular complexity index is 355. The minimum atomic E-state index is -0.125. The third-order valence-electron chi connectivity index (χ3n) is 2.35. The zero-order chi connectivity index (χ0) is 11.2. The standard InChI is InChI=1S/C8H10BO2.C5H5.Fe/c1-7-6-10-9(11-7)8-4-2-3-5-8;1-2-4-5-3-1;/h2-5,7H,6H2,1H3;1-5H;/q-1;-5;. The third-order valence-corrected chi connectivity index (χ3v) is 2.35. The Kier molecular flexibility index (Phi) is 6.31. The van der Waals surface area contributed by atoms with Crippen LogP contribution in [0.1, 0.15) is 6.92 Å². The number of hydrogen-bond acceptors (Lipinski definition) is 2. The molecule has 0 aliphatic carbocycles. The summed E-state index contributed by atoms with van der Waals surface area (Å²) in [5, 5.41) is 0. The normalized spacial score (nSPS) is 18.2. The fourth-order valence-corrected chi connectivity index (χ4v) is 1.55. The summed E-state index contributed by atoms with van der Waals surface area (Å²) in [6.45, 7) is 2.72. The maximum atomic E-state index is 5.48. The molecule has 2 aromatic carbocycles. The summed E-state index contributed by atoms with van der Waals surface area (Å²) >= 11 is 0. The quantitative estimate of drug-likeness (QED) is 0.582. The Morgan fingerprint density at radius 3 is 2.06 bits per heavy atom. The van der Waals surface area contributed by atoms with Crippen molar-refractivity contribution in [3.8, 4) is 0 Å². The zero-order valence-electron chi connectivity index (χ0n) is 9.73. The molecule has 2 aromatic rings. The SMILES string of the molecule is CC1COB([c-]2cccc2)O1.[Fe].[cH-]1[cH-][cH-][cH-][cH-]1. The Balaban J connectivity index is 0.000000205. The molecule has 0 bridgehead atoms. The van der Waals surface area contributed by atoms with Gasteiger partial charge in [0.15, 0.2) is 0 Å². The van der Waals surface area contributed by atoms with Crippen molar-refractivity contribution in [2.75, 3.05) is 6.61 Å². The second-order valence-corrected chi connectivity index (χ2v) is 3.79. The fourth-order valence-electron chi connectivity index (χ4n) is 1.55. The van der Waals surface area contributed by atoms with E-state index in [0.29, 0.717) is 6.61 Å². The van der Waals surface area contributed by atoms with Gasteiger partial charge >= 0.3 is 7.12 Å². The van der Waals surface area contributed by atoms with Crippen molar-refractivity contribution in [1.82, 2.24) is 0 Å². The van der Waals surface area contributed by atoms with Gasteiger partial charge in [0.1, 0.15) is 0 Å². The van der Waals surface area contributed by atoms with Crippen molar-refractivity contribution in [1.29, 1.82) is 0 Å². The Morgan fingerprint density at radius 2 is 1.65 bits per heavy atom. The van der Waals surface area contributed by atoms with Crippen molar-refractivity contribution < 1.29 is 26.4 Å². The predicted molar refractivity (Wildman–Crippen MR) is 66.0 cm³/mol. The van der Waals surface area contributed by atoms with Crippen LogP contribution in [0.25, 0.3) is 0 Å². The van der Waals surface area contributed by atoms with E-state index < -0.39 is 0 Å². The molecule has 4 heteroatoms. The second kappa shape index (κ2) is 7.51. The number of hydrogen-bond donors (Lipinski definition) is 0. The molecule has 0 aromatic heterocycles. The van der Waals surface area contributed by atoms with Crippen LogP contribution in [0, 0.1) is 0 Å². The van der Waals surface area contributed by atoms with Gasteiger partial charge in [0.25, 0.3) is 0 Å². The van der Waals surface area contributed by atoms with E-state index in [-0.39, 0.29) is 30.3 Å². The first-order valence-electron chi connectivity index (χ1n) is 5.51. The van der Waals surface area contributed by atoms with Crippen LogP contribution in [0.5, 0.6) is 0 Å². The molecule has 0 amide bonds. The first-order valence-corrected chi connectivity index (χ1v) is 5.51. The van der Waals surface area contributed by atoms with Crippen molar-refractivity contribution in [2.24, 2.45) is 0 Å². The zero-order valence-corrected chi connectivity index (χ0v) is 10.8. The molecule has 0 saturated carbocycles. The summed E-state index contributed by atoms with van der Waals surface area (Å²) in [5.41, 5.74) is 1.12. The topological polar surface area (TPSA) is 18.5 Å². The summed E-state index contributed by atoms with van der Waals surface area (Å²) < 4.78 is 10.9. The van der Waals surface area contributed by atoms with Gasteiger partial charge in [-0.15, -0.1) is 5.46 Å². The summed E-state index contributed by atoms with van der Waals surface area (Å²) in [6.07, 6.45) is 0.231. The van der Waals surface area contributed by atoms with Gasteiger partial charge in [0, 0.05) is 17.1 Å². The molecule has 1 heterocycles. The van der Waals surface area contributed by atoms with Gasteiger partial charge in [-0.1, -0.05) is 0 Å². The monoisotopic (exact) mass is 270 g/mol. The van der Waals surface area contributed by atoms with Gasteiger partial charge in [0.2, 0.25) is 0 Å². The van der Waals surface area contributed by atoms with Crippen LogP contribution in [0.4, 0.5) is 0 Å². The molecule has 3 rings (SSSR count). The van der Waals surface area contributed by atoms with Crippen LogP contribution >= 0.6 is 0 Å². The van der Waals surface area contributed by atoms with Crippen LogP contribution in [0.2, 0.25) is 0 Å². The first kappa shape index (κ1) is 14.3. The largest absolute Gasteiger partial charge is 0.748 e. The Hall–Kier alpha value is -0.796. The minimum absolute atomic E-state index is 0. The molecule has 1 unspecified atom stereocenters. The van der Waals surface area contributed by atoms with E-state index in [9.17, 15) is 0 Å². The smallest absolute Gasteiger partial charge is 0.418 e. The van der Waals surface area contributed by atoms with E-state index in [0.717, 1.165) is 5.46 Å². The molecule has 0 spiro atoms. The molecule has 17 heavy (non-hydrogen) atoms. The van der Waals surface area contributed by atoms with Gasteiger partial charge in [0.05, 0.1) is 12.7 Å². The van der Waals surface area contributed by atoms with Crippen molar-refractivity contribution >= 4 is 12.6 Å². The molecule has 0 N–H and O–H groups in total. The van der Waals surface area contributed by atoms with E-state index in [2.05, 4.69) is 0 Å². The third kappa shape index (κ3) is 4.53. The van der Waals surface area contributed by atoms with Gasteiger partial charge in [-0.05, 0) is 6.92 Å². The van der Waals surface area contributed by atoms with E-state index in [1.807, 2.05) is 61.5 Å². The van der Waals surface area contributed by atoms with Gasteiger partial charge < -0.3 is 39.6 Å². The molecule has 0 radical (unpaired) electrons. The molecule has 1 fully saturated rings. The van der Waals surface area contributed by atoms with Gasteiger partial charge in [-0.3, -0.25) is 0 Å². The maximum Gasteiger partial charge on any atom is 0.418 e. The predicted octanol–water partition coefficient (Wildman–Crippen LogP) is 1.94. The van der Waals surface area contributed by atoms with E-state index >= 15 is 0 Å². The van der Waals surface area contributed by atoms with Crippen LogP contribution in [0.15, 0.2) is 54.6 Å². The van der Waals surface area contributed by atoms with E-state index in [1.165, 1.54) is 0 Å². The molecule has 1 atom stereocenters. The molecule has 1 aliphatic rings. The molecule has 1 saturated heterocycles. The Labute approximate surface area is 113 Å². The van der Waals surface area contributed by atoms with Crippen molar-refractivity contribution in [3.63, 3.8) is 0 Å². The maximum absolute atomic E-state index is 5.48. The van der Waals surface area contributed by atoms with Gasteiger partial charge in [-0.25, -0.2) is 12.1 Å². The summed E-state index contributed by atoms with van der Waals surface area (Å²) in [5.74, 6) is 0. The van der Waals surface area contributed by atoms with Crippen LogP contribution in [-0.2, 0) is 26.4 Å². The fraction of sp³-hybridized carbons (Fsp3) is 0.231. The van der Waals surface area contributed by atoms with Crippen LogP contribution < -0.4 is 5.46 Å². The minimum Gasteiger partial charge on any atom is -0.748 e. The average molecular weight is 270 g/mol. The first-order chi connectivity index (χ1) is 7.86. The van der Waals surface area contributed by atoms with E-state index in [1.54, 1.807) is 0 Å². The summed E-state index contributed by atoms with van der Waals surface area (Å²) in [7, 11) is -0.125. The van der Waals surface area contributed by atoms with Crippen molar-refractivity contribution in [3.05, 3.63) is 54.6 Å².